The third kappa shape index (κ3) is 5.42. The largest absolute Gasteiger partial charge is 0.390 e. The molecule has 1 aliphatic carbocycles. The molecule has 1 saturated carbocycles. The minimum absolute atomic E-state index is 0.367. The molecule has 1 fully saturated rings. The minimum atomic E-state index is -0.367. The van der Waals surface area contributed by atoms with Gasteiger partial charge in [0.25, 0.3) is 0 Å². The van der Waals surface area contributed by atoms with Crippen LogP contribution < -0.4 is 0 Å². The van der Waals surface area contributed by atoms with Gasteiger partial charge in [0.1, 0.15) is 0 Å². The first kappa shape index (κ1) is 15.0. The first-order chi connectivity index (χ1) is 8.19. The summed E-state index contributed by atoms with van der Waals surface area (Å²) in [7, 11) is 0. The van der Waals surface area contributed by atoms with Gasteiger partial charge in [0.05, 0.1) is 5.60 Å². The van der Waals surface area contributed by atoms with Gasteiger partial charge in [0.2, 0.25) is 0 Å². The van der Waals surface area contributed by atoms with Crippen LogP contribution >= 0.6 is 0 Å². The van der Waals surface area contributed by atoms with Gasteiger partial charge in [-0.2, -0.15) is 0 Å². The number of aliphatic hydroxyl groups is 1. The van der Waals surface area contributed by atoms with Gasteiger partial charge in [-0.15, -0.1) is 0 Å². The molecule has 1 unspecified atom stereocenters. The van der Waals surface area contributed by atoms with Crippen LogP contribution in [0.15, 0.2) is 0 Å². The summed E-state index contributed by atoms with van der Waals surface area (Å²) in [6.45, 7) is 4.44. The number of rotatable bonds is 2. The van der Waals surface area contributed by atoms with Crippen molar-refractivity contribution in [3.63, 3.8) is 0 Å². The van der Waals surface area contributed by atoms with Crippen LogP contribution in [0.3, 0.4) is 0 Å². The summed E-state index contributed by atoms with van der Waals surface area (Å²) in [5, 5.41) is 10.8. The maximum Gasteiger partial charge on any atom is 0.0673 e. The standard InChI is InChI=1S/C16H32O/c1-3-15(2)16(17)13-11-9-7-5-4-6-8-10-12-14-16/h15,17H,3-14H2,1-2H3. The first-order valence-electron chi connectivity index (χ1n) is 7.91. The van der Waals surface area contributed by atoms with E-state index in [4.69, 9.17) is 0 Å². The quantitative estimate of drug-likeness (QED) is 0.714. The molecule has 1 atom stereocenters. The van der Waals surface area contributed by atoms with Gasteiger partial charge in [-0.3, -0.25) is 0 Å². The number of hydrogen-bond donors (Lipinski definition) is 1. The molecule has 1 nitrogen and oxygen atoms in total. The number of hydrogen-bond acceptors (Lipinski definition) is 1. The molecule has 0 aromatic heterocycles. The maximum atomic E-state index is 10.8. The summed E-state index contributed by atoms with van der Waals surface area (Å²) >= 11 is 0. The molecular weight excluding hydrogens is 208 g/mol. The third-order valence-corrected chi connectivity index (χ3v) is 4.75. The smallest absolute Gasteiger partial charge is 0.0673 e. The van der Waals surface area contributed by atoms with Crippen molar-refractivity contribution in [2.75, 3.05) is 0 Å². The van der Waals surface area contributed by atoms with E-state index in [1.165, 1.54) is 57.8 Å². The predicted octanol–water partition coefficient (Wildman–Crippen LogP) is 5.07. The van der Waals surface area contributed by atoms with E-state index in [9.17, 15) is 5.11 Å². The second-order valence-electron chi connectivity index (χ2n) is 6.09. The average molecular weight is 240 g/mol. The molecule has 0 bridgehead atoms. The van der Waals surface area contributed by atoms with E-state index in [2.05, 4.69) is 13.8 Å². The summed E-state index contributed by atoms with van der Waals surface area (Å²) in [6, 6.07) is 0. The van der Waals surface area contributed by atoms with Gasteiger partial charge in [-0.25, -0.2) is 0 Å². The van der Waals surface area contributed by atoms with Crippen molar-refractivity contribution in [1.29, 1.82) is 0 Å². The third-order valence-electron chi connectivity index (χ3n) is 4.75. The van der Waals surface area contributed by atoms with E-state index in [1.54, 1.807) is 0 Å². The van der Waals surface area contributed by atoms with E-state index in [0.29, 0.717) is 5.92 Å². The molecule has 17 heavy (non-hydrogen) atoms. The van der Waals surface area contributed by atoms with Crippen molar-refractivity contribution in [3.05, 3.63) is 0 Å². The summed E-state index contributed by atoms with van der Waals surface area (Å²) in [6.07, 6.45) is 15.2. The zero-order valence-corrected chi connectivity index (χ0v) is 12.0. The van der Waals surface area contributed by atoms with Crippen molar-refractivity contribution in [3.8, 4) is 0 Å². The van der Waals surface area contributed by atoms with E-state index in [-0.39, 0.29) is 5.60 Å². The Labute approximate surface area is 108 Å². The van der Waals surface area contributed by atoms with Gasteiger partial charge in [0, 0.05) is 0 Å². The van der Waals surface area contributed by atoms with Crippen molar-refractivity contribution in [1.82, 2.24) is 0 Å². The molecule has 1 aliphatic rings. The molecule has 0 spiro atoms. The molecule has 0 heterocycles. The minimum Gasteiger partial charge on any atom is -0.390 e. The zero-order chi connectivity index (χ0) is 12.6. The molecule has 0 aromatic carbocycles. The summed E-state index contributed by atoms with van der Waals surface area (Å²) in [5.41, 5.74) is -0.367. The lowest BCUT2D eigenvalue weighted by Crippen LogP contribution is -2.36. The zero-order valence-electron chi connectivity index (χ0n) is 12.0. The van der Waals surface area contributed by atoms with Crippen LogP contribution in [0.4, 0.5) is 0 Å². The highest BCUT2D eigenvalue weighted by molar-refractivity contribution is 4.83. The van der Waals surface area contributed by atoms with Crippen LogP contribution in [-0.2, 0) is 0 Å². The van der Waals surface area contributed by atoms with E-state index >= 15 is 0 Å². The lowest BCUT2D eigenvalue weighted by molar-refractivity contribution is -0.0328. The second kappa shape index (κ2) is 8.13. The SMILES string of the molecule is CCC(C)C1(O)CCCCCCCCCCC1. The van der Waals surface area contributed by atoms with E-state index in [1.807, 2.05) is 0 Å². The first-order valence-corrected chi connectivity index (χ1v) is 7.91. The summed E-state index contributed by atoms with van der Waals surface area (Å²) < 4.78 is 0. The maximum absolute atomic E-state index is 10.8. The highest BCUT2D eigenvalue weighted by atomic mass is 16.3. The van der Waals surface area contributed by atoms with Crippen LogP contribution in [0.2, 0.25) is 0 Å². The molecule has 1 heteroatoms. The van der Waals surface area contributed by atoms with Gasteiger partial charge < -0.3 is 5.11 Å². The van der Waals surface area contributed by atoms with Gasteiger partial charge >= 0.3 is 0 Å². The van der Waals surface area contributed by atoms with E-state index in [0.717, 1.165) is 19.3 Å². The topological polar surface area (TPSA) is 20.2 Å². The predicted molar refractivity (Wildman–Crippen MR) is 75.2 cm³/mol. The molecule has 1 N–H and O–H groups in total. The Balaban J connectivity index is 2.47. The van der Waals surface area contributed by atoms with E-state index < -0.39 is 0 Å². The molecular formula is C16H32O. The second-order valence-corrected chi connectivity index (χ2v) is 6.09. The molecule has 0 amide bonds. The average Bonchev–Trinajstić information content (AvgIpc) is 2.32. The van der Waals surface area contributed by atoms with Crippen LogP contribution in [0, 0.1) is 5.92 Å². The van der Waals surface area contributed by atoms with Gasteiger partial charge in [-0.1, -0.05) is 78.1 Å². The Morgan fingerprint density at radius 2 is 1.18 bits per heavy atom. The van der Waals surface area contributed by atoms with Crippen molar-refractivity contribution < 1.29 is 5.11 Å². The van der Waals surface area contributed by atoms with Crippen molar-refractivity contribution in [2.24, 2.45) is 5.92 Å². The van der Waals surface area contributed by atoms with Crippen LogP contribution in [0.5, 0.6) is 0 Å². The molecule has 0 aliphatic heterocycles. The Kier molecular flexibility index (Phi) is 7.18. The highest BCUT2D eigenvalue weighted by Crippen LogP contribution is 2.32. The monoisotopic (exact) mass is 240 g/mol. The molecule has 102 valence electrons. The molecule has 0 radical (unpaired) electrons. The lowest BCUT2D eigenvalue weighted by atomic mass is 9.78. The fourth-order valence-corrected chi connectivity index (χ4v) is 3.10. The van der Waals surface area contributed by atoms with Gasteiger partial charge in [0.15, 0.2) is 0 Å². The van der Waals surface area contributed by atoms with Crippen LogP contribution in [-0.4, -0.2) is 10.7 Å². The Hall–Kier alpha value is -0.0400. The van der Waals surface area contributed by atoms with Crippen molar-refractivity contribution >= 4 is 0 Å². The molecule has 0 aromatic rings. The van der Waals surface area contributed by atoms with Crippen molar-refractivity contribution in [2.45, 2.75) is 96.5 Å². The molecule has 1 rings (SSSR count). The van der Waals surface area contributed by atoms with Crippen LogP contribution in [0.1, 0.15) is 90.9 Å². The Morgan fingerprint density at radius 3 is 1.53 bits per heavy atom. The fourth-order valence-electron chi connectivity index (χ4n) is 3.10. The Morgan fingerprint density at radius 1 is 0.824 bits per heavy atom. The Bertz CT molecular complexity index is 176. The van der Waals surface area contributed by atoms with Crippen LogP contribution in [0.25, 0.3) is 0 Å². The van der Waals surface area contributed by atoms with Gasteiger partial charge in [-0.05, 0) is 18.8 Å². The summed E-state index contributed by atoms with van der Waals surface area (Å²) in [4.78, 5) is 0. The highest BCUT2D eigenvalue weighted by Gasteiger charge is 2.31. The fraction of sp³-hybridized carbons (Fsp3) is 1.00. The lowest BCUT2D eigenvalue weighted by Gasteiger charge is -2.34. The molecule has 0 saturated heterocycles. The normalized spacial score (nSPS) is 25.6. The summed E-state index contributed by atoms with van der Waals surface area (Å²) in [5.74, 6) is 0.463.